The van der Waals surface area contributed by atoms with Crippen molar-refractivity contribution in [1.82, 2.24) is 5.32 Å². The first-order chi connectivity index (χ1) is 13.7. The van der Waals surface area contributed by atoms with Crippen LogP contribution >= 0.6 is 0 Å². The fourth-order valence-electron chi connectivity index (χ4n) is 3.57. The standard InChI is InChI=1S/C25H23NO2/c1-2-18-13-14-22-21(16-24(27)28-23(22)15-18)17-26-25(19-9-5-3-6-10-19)20-11-7-4-8-12-20/h3-16,25-26H,2,17H2,1H3. The highest BCUT2D eigenvalue weighted by Gasteiger charge is 2.14. The van der Waals surface area contributed by atoms with Crippen molar-refractivity contribution < 1.29 is 4.42 Å². The van der Waals surface area contributed by atoms with E-state index in [4.69, 9.17) is 4.42 Å². The van der Waals surface area contributed by atoms with Crippen molar-refractivity contribution in [3.63, 3.8) is 0 Å². The molecular formula is C25H23NO2. The second-order valence-corrected chi connectivity index (χ2v) is 6.91. The van der Waals surface area contributed by atoms with E-state index in [1.165, 1.54) is 11.1 Å². The SMILES string of the molecule is CCc1ccc2c(CNC(c3ccccc3)c3ccccc3)cc(=O)oc2c1. The van der Waals surface area contributed by atoms with Gasteiger partial charge in [0.2, 0.25) is 0 Å². The first-order valence-corrected chi connectivity index (χ1v) is 9.63. The Morgan fingerprint density at radius 1 is 0.857 bits per heavy atom. The van der Waals surface area contributed by atoms with Gasteiger partial charge in [0, 0.05) is 18.0 Å². The quantitative estimate of drug-likeness (QED) is 0.473. The van der Waals surface area contributed by atoms with Crippen molar-refractivity contribution in [2.45, 2.75) is 25.9 Å². The Morgan fingerprint density at radius 3 is 2.11 bits per heavy atom. The molecule has 0 aliphatic heterocycles. The number of aryl methyl sites for hydroxylation is 1. The van der Waals surface area contributed by atoms with Gasteiger partial charge in [0.15, 0.2) is 0 Å². The molecule has 4 rings (SSSR count). The first kappa shape index (κ1) is 18.2. The average Bonchev–Trinajstić information content (AvgIpc) is 2.74. The third-order valence-electron chi connectivity index (χ3n) is 5.07. The minimum Gasteiger partial charge on any atom is -0.423 e. The van der Waals surface area contributed by atoms with E-state index in [-0.39, 0.29) is 11.7 Å². The van der Waals surface area contributed by atoms with Gasteiger partial charge in [-0.3, -0.25) is 0 Å². The number of hydrogen-bond acceptors (Lipinski definition) is 3. The molecule has 0 atom stereocenters. The molecule has 28 heavy (non-hydrogen) atoms. The summed E-state index contributed by atoms with van der Waals surface area (Å²) in [5.41, 5.74) is 4.83. The molecule has 4 aromatic rings. The molecular weight excluding hydrogens is 346 g/mol. The van der Waals surface area contributed by atoms with Gasteiger partial charge in [-0.1, -0.05) is 79.7 Å². The highest BCUT2D eigenvalue weighted by atomic mass is 16.4. The highest BCUT2D eigenvalue weighted by molar-refractivity contribution is 5.80. The molecule has 1 heterocycles. The molecule has 3 aromatic carbocycles. The predicted octanol–water partition coefficient (Wildman–Crippen LogP) is 5.23. The Hall–Kier alpha value is -3.17. The average molecular weight is 369 g/mol. The summed E-state index contributed by atoms with van der Waals surface area (Å²) in [5.74, 6) is 0. The van der Waals surface area contributed by atoms with Gasteiger partial charge in [-0.05, 0) is 34.7 Å². The minimum atomic E-state index is -0.312. The molecule has 0 amide bonds. The van der Waals surface area contributed by atoms with Gasteiger partial charge in [-0.25, -0.2) is 4.79 Å². The van der Waals surface area contributed by atoms with Crippen LogP contribution in [0.1, 0.15) is 35.2 Å². The second-order valence-electron chi connectivity index (χ2n) is 6.91. The van der Waals surface area contributed by atoms with E-state index in [0.29, 0.717) is 12.1 Å². The summed E-state index contributed by atoms with van der Waals surface area (Å²) < 4.78 is 5.44. The third-order valence-corrected chi connectivity index (χ3v) is 5.07. The molecule has 0 aliphatic carbocycles. The molecule has 0 aliphatic rings. The molecule has 0 saturated heterocycles. The normalized spacial score (nSPS) is 11.2. The zero-order chi connectivity index (χ0) is 19.3. The zero-order valence-corrected chi connectivity index (χ0v) is 15.9. The summed E-state index contributed by atoms with van der Waals surface area (Å²) in [6, 6.07) is 28.5. The highest BCUT2D eigenvalue weighted by Crippen LogP contribution is 2.24. The van der Waals surface area contributed by atoms with Crippen LogP contribution in [0.3, 0.4) is 0 Å². The summed E-state index contributed by atoms with van der Waals surface area (Å²) in [6.45, 7) is 2.66. The van der Waals surface area contributed by atoms with E-state index >= 15 is 0 Å². The Labute approximate surface area is 164 Å². The van der Waals surface area contributed by atoms with Crippen LogP contribution in [-0.2, 0) is 13.0 Å². The van der Waals surface area contributed by atoms with Crippen molar-refractivity contribution in [2.75, 3.05) is 0 Å². The maximum absolute atomic E-state index is 12.1. The number of hydrogen-bond donors (Lipinski definition) is 1. The Balaban J connectivity index is 1.69. The molecule has 3 heteroatoms. The predicted molar refractivity (Wildman–Crippen MR) is 113 cm³/mol. The molecule has 0 saturated carbocycles. The van der Waals surface area contributed by atoms with E-state index in [1.807, 2.05) is 48.5 Å². The van der Waals surface area contributed by atoms with Crippen LogP contribution in [0.15, 0.2) is 94.1 Å². The molecule has 1 N–H and O–H groups in total. The number of rotatable bonds is 6. The van der Waals surface area contributed by atoms with Crippen LogP contribution in [0.25, 0.3) is 11.0 Å². The summed E-state index contributed by atoms with van der Waals surface area (Å²) in [4.78, 5) is 12.1. The summed E-state index contributed by atoms with van der Waals surface area (Å²) >= 11 is 0. The lowest BCUT2D eigenvalue weighted by molar-refractivity contribution is 0.552. The third kappa shape index (κ3) is 3.90. The topological polar surface area (TPSA) is 42.2 Å². The number of nitrogens with one attached hydrogen (secondary N) is 1. The van der Waals surface area contributed by atoms with Gasteiger partial charge < -0.3 is 9.73 Å². The van der Waals surface area contributed by atoms with Gasteiger partial charge in [0.25, 0.3) is 0 Å². The molecule has 0 unspecified atom stereocenters. The lowest BCUT2D eigenvalue weighted by atomic mass is 9.98. The molecule has 140 valence electrons. The molecule has 3 nitrogen and oxygen atoms in total. The fraction of sp³-hybridized carbons (Fsp3) is 0.160. The number of fused-ring (bicyclic) bond motifs is 1. The molecule has 0 radical (unpaired) electrons. The van der Waals surface area contributed by atoms with Gasteiger partial charge >= 0.3 is 5.63 Å². The van der Waals surface area contributed by atoms with E-state index in [0.717, 1.165) is 22.9 Å². The van der Waals surface area contributed by atoms with Crippen molar-refractivity contribution >= 4 is 11.0 Å². The zero-order valence-electron chi connectivity index (χ0n) is 15.9. The van der Waals surface area contributed by atoms with E-state index in [9.17, 15) is 4.79 Å². The Morgan fingerprint density at radius 2 is 1.50 bits per heavy atom. The lowest BCUT2D eigenvalue weighted by Crippen LogP contribution is -2.22. The largest absolute Gasteiger partial charge is 0.423 e. The van der Waals surface area contributed by atoms with Crippen LogP contribution in [0.5, 0.6) is 0 Å². The summed E-state index contributed by atoms with van der Waals surface area (Å²) in [7, 11) is 0. The Bertz CT molecular complexity index is 1080. The van der Waals surface area contributed by atoms with Crippen LogP contribution in [0.2, 0.25) is 0 Å². The van der Waals surface area contributed by atoms with Crippen molar-refractivity contribution in [3.8, 4) is 0 Å². The molecule has 0 fully saturated rings. The van der Waals surface area contributed by atoms with E-state index in [1.54, 1.807) is 6.07 Å². The van der Waals surface area contributed by atoms with Crippen LogP contribution in [-0.4, -0.2) is 0 Å². The van der Waals surface area contributed by atoms with Crippen LogP contribution in [0, 0.1) is 0 Å². The smallest absolute Gasteiger partial charge is 0.336 e. The number of benzene rings is 3. The molecule has 0 spiro atoms. The fourth-order valence-corrected chi connectivity index (χ4v) is 3.57. The lowest BCUT2D eigenvalue weighted by Gasteiger charge is -2.20. The maximum Gasteiger partial charge on any atom is 0.336 e. The van der Waals surface area contributed by atoms with Crippen molar-refractivity contribution in [2.24, 2.45) is 0 Å². The van der Waals surface area contributed by atoms with Gasteiger partial charge in [0.1, 0.15) is 5.58 Å². The van der Waals surface area contributed by atoms with Crippen molar-refractivity contribution in [1.29, 1.82) is 0 Å². The molecule has 0 bridgehead atoms. The minimum absolute atomic E-state index is 0.0413. The van der Waals surface area contributed by atoms with Gasteiger partial charge in [0.05, 0.1) is 6.04 Å². The summed E-state index contributed by atoms with van der Waals surface area (Å²) in [5, 5.41) is 4.61. The second kappa shape index (κ2) is 8.24. The van der Waals surface area contributed by atoms with Gasteiger partial charge in [-0.2, -0.15) is 0 Å². The van der Waals surface area contributed by atoms with Gasteiger partial charge in [-0.15, -0.1) is 0 Å². The van der Waals surface area contributed by atoms with Crippen molar-refractivity contribution in [3.05, 3.63) is 118 Å². The Kier molecular flexibility index (Phi) is 5.36. The maximum atomic E-state index is 12.1. The summed E-state index contributed by atoms with van der Waals surface area (Å²) in [6.07, 6.45) is 0.909. The molecule has 1 aromatic heterocycles. The van der Waals surface area contributed by atoms with Crippen LogP contribution < -0.4 is 10.9 Å². The monoisotopic (exact) mass is 369 g/mol. The van der Waals surface area contributed by atoms with E-state index < -0.39 is 0 Å². The first-order valence-electron chi connectivity index (χ1n) is 9.63. The van der Waals surface area contributed by atoms with Crippen LogP contribution in [0.4, 0.5) is 0 Å². The van der Waals surface area contributed by atoms with E-state index in [2.05, 4.69) is 42.6 Å².